The van der Waals surface area contributed by atoms with Gasteiger partial charge in [-0.25, -0.2) is 8.42 Å². The number of hydrogen-bond donors (Lipinski definition) is 0. The minimum Gasteiger partial charge on any atom is -0.497 e. The summed E-state index contributed by atoms with van der Waals surface area (Å²) in [5.74, 6) is 0.516. The van der Waals surface area contributed by atoms with Crippen molar-refractivity contribution in [3.63, 3.8) is 0 Å². The van der Waals surface area contributed by atoms with Gasteiger partial charge in [0.05, 0.1) is 18.6 Å². The molecule has 1 unspecified atom stereocenters. The predicted molar refractivity (Wildman–Crippen MR) is 116 cm³/mol. The normalized spacial score (nSPS) is 18.1. The SMILES string of the molecule is COc1ccc(CN(C(=O)C=Cc2ccc(Cl)cc2Cl)C2CCS(=O)(=O)C2)cc1. The Labute approximate surface area is 180 Å². The predicted octanol–water partition coefficient (Wildman–Crippen LogP) is 4.23. The average molecular weight is 454 g/mol. The zero-order chi connectivity index (χ0) is 21.0. The van der Waals surface area contributed by atoms with Crippen molar-refractivity contribution in [2.45, 2.75) is 19.0 Å². The molecule has 1 aliphatic heterocycles. The second-order valence-corrected chi connectivity index (χ2v) is 9.94. The number of carbonyl (C=O) groups is 1. The van der Waals surface area contributed by atoms with Gasteiger partial charge in [-0.15, -0.1) is 0 Å². The molecule has 5 nitrogen and oxygen atoms in total. The first-order valence-electron chi connectivity index (χ1n) is 9.04. The van der Waals surface area contributed by atoms with E-state index in [1.165, 1.54) is 6.08 Å². The topological polar surface area (TPSA) is 63.7 Å². The molecule has 0 saturated carbocycles. The van der Waals surface area contributed by atoms with Crippen LogP contribution in [0.5, 0.6) is 5.75 Å². The first-order valence-corrected chi connectivity index (χ1v) is 11.6. The molecule has 0 aromatic heterocycles. The standard InChI is InChI=1S/C21H21Cl2NO4S/c1-28-19-7-2-15(3-8-19)13-24(18-10-11-29(26,27)14-18)21(25)9-5-16-4-6-17(22)12-20(16)23/h2-9,12,18H,10-11,13-14H2,1H3. The quantitative estimate of drug-likeness (QED) is 0.613. The summed E-state index contributed by atoms with van der Waals surface area (Å²) in [4.78, 5) is 14.6. The fourth-order valence-corrected chi connectivity index (χ4v) is 5.43. The fourth-order valence-electron chi connectivity index (χ4n) is 3.23. The molecule has 8 heteroatoms. The molecular formula is C21H21Cl2NO4S. The van der Waals surface area contributed by atoms with Crippen molar-refractivity contribution in [3.05, 3.63) is 69.7 Å². The van der Waals surface area contributed by atoms with Crippen LogP contribution >= 0.6 is 23.2 Å². The Morgan fingerprint density at radius 3 is 2.52 bits per heavy atom. The van der Waals surface area contributed by atoms with Crippen molar-refractivity contribution in [2.75, 3.05) is 18.6 Å². The fraction of sp³-hybridized carbons (Fsp3) is 0.286. The number of amides is 1. The van der Waals surface area contributed by atoms with Gasteiger partial charge in [0.15, 0.2) is 9.84 Å². The van der Waals surface area contributed by atoms with Crippen LogP contribution in [0.1, 0.15) is 17.5 Å². The summed E-state index contributed by atoms with van der Waals surface area (Å²) in [5, 5.41) is 0.947. The Kier molecular flexibility index (Phi) is 6.88. The second-order valence-electron chi connectivity index (χ2n) is 6.87. The Hall–Kier alpha value is -2.02. The first kappa shape index (κ1) is 21.7. The van der Waals surface area contributed by atoms with Gasteiger partial charge in [0, 0.05) is 28.7 Å². The van der Waals surface area contributed by atoms with Crippen molar-refractivity contribution in [3.8, 4) is 5.75 Å². The molecule has 2 aromatic rings. The minimum atomic E-state index is -3.13. The van der Waals surface area contributed by atoms with Gasteiger partial charge in [0.25, 0.3) is 0 Å². The number of methoxy groups -OCH3 is 1. The molecule has 1 saturated heterocycles. The van der Waals surface area contributed by atoms with Crippen LogP contribution in [0, 0.1) is 0 Å². The number of halogens is 2. The Bertz CT molecular complexity index is 1020. The van der Waals surface area contributed by atoms with Crippen LogP contribution in [0.25, 0.3) is 6.08 Å². The molecule has 1 amide bonds. The molecule has 1 aliphatic rings. The minimum absolute atomic E-state index is 0.0234. The summed E-state index contributed by atoms with van der Waals surface area (Å²) >= 11 is 12.1. The van der Waals surface area contributed by atoms with Crippen LogP contribution in [0.4, 0.5) is 0 Å². The highest BCUT2D eigenvalue weighted by Crippen LogP contribution is 2.24. The number of hydrogen-bond acceptors (Lipinski definition) is 4. The average Bonchev–Trinajstić information content (AvgIpc) is 3.05. The monoisotopic (exact) mass is 453 g/mol. The molecule has 1 atom stereocenters. The summed E-state index contributed by atoms with van der Waals surface area (Å²) in [5.41, 5.74) is 1.55. The van der Waals surface area contributed by atoms with E-state index in [9.17, 15) is 13.2 Å². The summed E-state index contributed by atoms with van der Waals surface area (Å²) in [6, 6.07) is 12.0. The molecule has 0 radical (unpaired) electrons. The van der Waals surface area contributed by atoms with E-state index in [2.05, 4.69) is 0 Å². The lowest BCUT2D eigenvalue weighted by Gasteiger charge is -2.27. The van der Waals surface area contributed by atoms with E-state index < -0.39 is 9.84 Å². The molecule has 1 fully saturated rings. The van der Waals surface area contributed by atoms with Gasteiger partial charge >= 0.3 is 0 Å². The van der Waals surface area contributed by atoms with Crippen molar-refractivity contribution in [1.82, 2.24) is 4.90 Å². The van der Waals surface area contributed by atoms with E-state index in [4.69, 9.17) is 27.9 Å². The van der Waals surface area contributed by atoms with Crippen LogP contribution < -0.4 is 4.74 Å². The van der Waals surface area contributed by atoms with E-state index in [1.54, 1.807) is 36.3 Å². The number of sulfone groups is 1. The molecular weight excluding hydrogens is 433 g/mol. The maximum Gasteiger partial charge on any atom is 0.247 e. The third-order valence-corrected chi connectivity index (χ3v) is 7.12. The smallest absolute Gasteiger partial charge is 0.247 e. The van der Waals surface area contributed by atoms with E-state index in [-0.39, 0.29) is 23.5 Å². The molecule has 0 N–H and O–H groups in total. The van der Waals surface area contributed by atoms with Crippen LogP contribution in [0.15, 0.2) is 48.5 Å². The van der Waals surface area contributed by atoms with Crippen molar-refractivity contribution in [2.24, 2.45) is 0 Å². The molecule has 29 heavy (non-hydrogen) atoms. The second kappa shape index (κ2) is 9.20. The third kappa shape index (κ3) is 5.75. The summed E-state index contributed by atoms with van der Waals surface area (Å²) in [6.07, 6.45) is 3.47. The number of ether oxygens (including phenoxy) is 1. The first-order chi connectivity index (χ1) is 13.8. The van der Waals surface area contributed by atoms with Crippen LogP contribution in [0.2, 0.25) is 10.0 Å². The highest BCUT2D eigenvalue weighted by Gasteiger charge is 2.34. The van der Waals surface area contributed by atoms with Gasteiger partial charge in [-0.3, -0.25) is 4.79 Å². The molecule has 2 aromatic carbocycles. The highest BCUT2D eigenvalue weighted by molar-refractivity contribution is 7.91. The van der Waals surface area contributed by atoms with Gasteiger partial charge in [-0.05, 0) is 47.9 Å². The Balaban J connectivity index is 1.83. The van der Waals surface area contributed by atoms with Gasteiger partial charge in [0.2, 0.25) is 5.91 Å². The van der Waals surface area contributed by atoms with Gasteiger partial charge in [-0.2, -0.15) is 0 Å². The maximum atomic E-state index is 13.0. The van der Waals surface area contributed by atoms with Crippen LogP contribution in [0.3, 0.4) is 0 Å². The largest absolute Gasteiger partial charge is 0.497 e. The lowest BCUT2D eigenvalue weighted by molar-refractivity contribution is -0.128. The number of nitrogens with zero attached hydrogens (tertiary/aromatic N) is 1. The van der Waals surface area contributed by atoms with E-state index in [1.807, 2.05) is 24.3 Å². The molecule has 0 aliphatic carbocycles. The number of benzene rings is 2. The van der Waals surface area contributed by atoms with E-state index >= 15 is 0 Å². The van der Waals surface area contributed by atoms with Crippen molar-refractivity contribution >= 4 is 45.0 Å². The zero-order valence-electron chi connectivity index (χ0n) is 15.8. The third-order valence-electron chi connectivity index (χ3n) is 4.81. The van der Waals surface area contributed by atoms with Gasteiger partial charge in [-0.1, -0.05) is 41.4 Å². The summed E-state index contributed by atoms with van der Waals surface area (Å²) in [6.45, 7) is 0.307. The van der Waals surface area contributed by atoms with Gasteiger partial charge < -0.3 is 9.64 Å². The number of rotatable bonds is 6. The highest BCUT2D eigenvalue weighted by atomic mass is 35.5. The lowest BCUT2D eigenvalue weighted by Crippen LogP contribution is -2.39. The molecule has 0 bridgehead atoms. The van der Waals surface area contributed by atoms with E-state index in [0.717, 1.165) is 5.56 Å². The maximum absolute atomic E-state index is 13.0. The van der Waals surface area contributed by atoms with E-state index in [0.29, 0.717) is 34.3 Å². The molecule has 0 spiro atoms. The van der Waals surface area contributed by atoms with Gasteiger partial charge in [0.1, 0.15) is 5.75 Å². The number of carbonyl (C=O) groups excluding carboxylic acids is 1. The van der Waals surface area contributed by atoms with Crippen LogP contribution in [-0.4, -0.2) is 43.9 Å². The van der Waals surface area contributed by atoms with Crippen molar-refractivity contribution < 1.29 is 17.9 Å². The molecule has 3 rings (SSSR count). The zero-order valence-corrected chi connectivity index (χ0v) is 18.2. The van der Waals surface area contributed by atoms with Crippen LogP contribution in [-0.2, 0) is 21.2 Å². The van der Waals surface area contributed by atoms with Crippen molar-refractivity contribution in [1.29, 1.82) is 0 Å². The summed E-state index contributed by atoms with van der Waals surface area (Å²) < 4.78 is 29.1. The molecule has 1 heterocycles. The Morgan fingerprint density at radius 1 is 1.21 bits per heavy atom. The molecule has 154 valence electrons. The summed E-state index contributed by atoms with van der Waals surface area (Å²) in [7, 11) is -1.55. The Morgan fingerprint density at radius 2 is 1.93 bits per heavy atom. The lowest BCUT2D eigenvalue weighted by atomic mass is 10.1.